The molecule has 4 aromatic rings. The number of nitrogens with one attached hydrogen (secondary N) is 1. The van der Waals surface area contributed by atoms with Crippen molar-refractivity contribution in [3.63, 3.8) is 0 Å². The summed E-state index contributed by atoms with van der Waals surface area (Å²) in [5.41, 5.74) is 3.66. The molecule has 1 N–H and O–H groups in total. The number of hydrogen-bond acceptors (Lipinski definition) is 6. The van der Waals surface area contributed by atoms with Crippen LogP contribution in [-0.4, -0.2) is 54.2 Å². The van der Waals surface area contributed by atoms with Gasteiger partial charge in [0.2, 0.25) is 11.8 Å². The Labute approximate surface area is 209 Å². The van der Waals surface area contributed by atoms with E-state index in [1.165, 1.54) is 4.90 Å². The largest absolute Gasteiger partial charge is 0.497 e. The van der Waals surface area contributed by atoms with Gasteiger partial charge in [-0.25, -0.2) is 4.68 Å². The molecule has 0 saturated heterocycles. The minimum atomic E-state index is -0.957. The highest BCUT2D eigenvalue weighted by Crippen LogP contribution is 2.30. The Morgan fingerprint density at radius 1 is 1.03 bits per heavy atom. The quantitative estimate of drug-likeness (QED) is 0.345. The Hall–Kier alpha value is -4.24. The van der Waals surface area contributed by atoms with E-state index in [1.807, 2.05) is 61.5 Å². The number of anilines is 1. The molecular formula is C27H29N5O4. The van der Waals surface area contributed by atoms with Gasteiger partial charge in [0.25, 0.3) is 0 Å². The summed E-state index contributed by atoms with van der Waals surface area (Å²) in [4.78, 5) is 29.0. The number of rotatable bonds is 10. The van der Waals surface area contributed by atoms with E-state index in [-0.39, 0.29) is 18.4 Å². The molecule has 4 rings (SSSR count). The molecule has 9 heteroatoms. The number of aromatic nitrogens is 3. The molecule has 0 aliphatic rings. The van der Waals surface area contributed by atoms with Crippen LogP contribution in [0.25, 0.3) is 11.0 Å². The van der Waals surface area contributed by atoms with Crippen molar-refractivity contribution >= 4 is 28.5 Å². The molecule has 1 atom stereocenters. The summed E-state index contributed by atoms with van der Waals surface area (Å²) in [6.45, 7) is 2.52. The first-order valence-corrected chi connectivity index (χ1v) is 11.6. The second kappa shape index (κ2) is 11.5. The molecule has 1 aromatic heterocycles. The molecule has 0 spiro atoms. The average molecular weight is 488 g/mol. The Balaban J connectivity index is 1.78. The SMILES string of the molecule is COCCNC(=O)C(c1cccc(OC)c1)N(C(=O)Cn1nnc2ccccc21)c1ccc(C)cc1. The Kier molecular flexibility index (Phi) is 7.92. The van der Waals surface area contributed by atoms with E-state index in [2.05, 4.69) is 15.6 Å². The molecule has 186 valence electrons. The minimum Gasteiger partial charge on any atom is -0.497 e. The zero-order valence-electron chi connectivity index (χ0n) is 20.5. The number of fused-ring (bicyclic) bond motifs is 1. The third kappa shape index (κ3) is 5.52. The van der Waals surface area contributed by atoms with E-state index in [4.69, 9.17) is 9.47 Å². The fourth-order valence-corrected chi connectivity index (χ4v) is 3.98. The lowest BCUT2D eigenvalue weighted by Gasteiger charge is -2.32. The van der Waals surface area contributed by atoms with Crippen LogP contribution in [0, 0.1) is 6.92 Å². The number of hydrogen-bond donors (Lipinski definition) is 1. The Bertz CT molecular complexity index is 1340. The maximum Gasteiger partial charge on any atom is 0.249 e. The minimum absolute atomic E-state index is 0.0970. The normalized spacial score (nSPS) is 11.8. The van der Waals surface area contributed by atoms with Crippen LogP contribution in [-0.2, 0) is 20.9 Å². The molecule has 36 heavy (non-hydrogen) atoms. The molecule has 0 bridgehead atoms. The number of methoxy groups -OCH3 is 2. The zero-order valence-corrected chi connectivity index (χ0v) is 20.5. The van der Waals surface area contributed by atoms with E-state index < -0.39 is 6.04 Å². The van der Waals surface area contributed by atoms with E-state index in [9.17, 15) is 9.59 Å². The fraction of sp³-hybridized carbons (Fsp3) is 0.259. The van der Waals surface area contributed by atoms with Crippen molar-refractivity contribution in [1.29, 1.82) is 0 Å². The Morgan fingerprint density at radius 2 is 1.81 bits per heavy atom. The Morgan fingerprint density at radius 3 is 2.56 bits per heavy atom. The molecular weight excluding hydrogens is 458 g/mol. The van der Waals surface area contributed by atoms with Crippen LogP contribution in [0.15, 0.2) is 72.8 Å². The van der Waals surface area contributed by atoms with Gasteiger partial charge >= 0.3 is 0 Å². The highest BCUT2D eigenvalue weighted by atomic mass is 16.5. The van der Waals surface area contributed by atoms with Crippen molar-refractivity contribution in [2.24, 2.45) is 0 Å². The molecule has 0 saturated carbocycles. The topological polar surface area (TPSA) is 98.6 Å². The van der Waals surface area contributed by atoms with E-state index >= 15 is 0 Å². The maximum atomic E-state index is 13.9. The first-order valence-electron chi connectivity index (χ1n) is 11.6. The van der Waals surface area contributed by atoms with Gasteiger partial charge in [0.15, 0.2) is 0 Å². The van der Waals surface area contributed by atoms with Crippen LogP contribution in [0.5, 0.6) is 5.75 Å². The van der Waals surface area contributed by atoms with Gasteiger partial charge in [-0.1, -0.05) is 47.2 Å². The van der Waals surface area contributed by atoms with Crippen LogP contribution < -0.4 is 15.0 Å². The van der Waals surface area contributed by atoms with E-state index in [0.717, 1.165) is 11.1 Å². The van der Waals surface area contributed by atoms with Crippen LogP contribution in [0.3, 0.4) is 0 Å². The molecule has 0 radical (unpaired) electrons. The monoisotopic (exact) mass is 487 g/mol. The lowest BCUT2D eigenvalue weighted by molar-refractivity contribution is -0.127. The number of ether oxygens (including phenoxy) is 2. The second-order valence-electron chi connectivity index (χ2n) is 8.30. The van der Waals surface area contributed by atoms with E-state index in [1.54, 1.807) is 37.1 Å². The highest BCUT2D eigenvalue weighted by Gasteiger charge is 2.33. The predicted molar refractivity (Wildman–Crippen MR) is 137 cm³/mol. The molecule has 2 amide bonds. The van der Waals surface area contributed by atoms with Crippen molar-refractivity contribution in [2.45, 2.75) is 19.5 Å². The summed E-state index contributed by atoms with van der Waals surface area (Å²) in [5.74, 6) is -0.0670. The number of carbonyl (C=O) groups is 2. The van der Waals surface area contributed by atoms with E-state index in [0.29, 0.717) is 35.7 Å². The van der Waals surface area contributed by atoms with Crippen molar-refractivity contribution in [3.8, 4) is 5.75 Å². The van der Waals surface area contributed by atoms with Gasteiger partial charge < -0.3 is 14.8 Å². The van der Waals surface area contributed by atoms with Crippen LogP contribution in [0.4, 0.5) is 5.69 Å². The molecule has 0 aliphatic carbocycles. The summed E-state index contributed by atoms with van der Waals surface area (Å²) in [7, 11) is 3.13. The number of para-hydroxylation sites is 1. The van der Waals surface area contributed by atoms with Gasteiger partial charge in [-0.05, 0) is 48.9 Å². The van der Waals surface area contributed by atoms with Gasteiger partial charge in [0, 0.05) is 19.3 Å². The lowest BCUT2D eigenvalue weighted by atomic mass is 10.0. The van der Waals surface area contributed by atoms with Gasteiger partial charge in [-0.15, -0.1) is 5.10 Å². The smallest absolute Gasteiger partial charge is 0.249 e. The number of aryl methyl sites for hydroxylation is 1. The summed E-state index contributed by atoms with van der Waals surface area (Å²) >= 11 is 0. The number of carbonyl (C=O) groups excluding carboxylic acids is 2. The van der Waals surface area contributed by atoms with Crippen LogP contribution >= 0.6 is 0 Å². The molecule has 0 aliphatic heterocycles. The van der Waals surface area contributed by atoms with Crippen LogP contribution in [0.1, 0.15) is 17.2 Å². The van der Waals surface area contributed by atoms with Gasteiger partial charge in [0.05, 0.1) is 19.2 Å². The molecule has 1 unspecified atom stereocenters. The molecule has 9 nitrogen and oxygen atoms in total. The fourth-order valence-electron chi connectivity index (χ4n) is 3.98. The summed E-state index contributed by atoms with van der Waals surface area (Å²) in [6, 6.07) is 21.1. The number of amides is 2. The van der Waals surface area contributed by atoms with Gasteiger partial charge in [0.1, 0.15) is 23.9 Å². The lowest BCUT2D eigenvalue weighted by Crippen LogP contribution is -2.46. The highest BCUT2D eigenvalue weighted by molar-refractivity contribution is 6.01. The van der Waals surface area contributed by atoms with Crippen molar-refractivity contribution in [3.05, 3.63) is 83.9 Å². The number of benzene rings is 3. The average Bonchev–Trinajstić information content (AvgIpc) is 3.30. The van der Waals surface area contributed by atoms with Crippen LogP contribution in [0.2, 0.25) is 0 Å². The zero-order chi connectivity index (χ0) is 25.5. The van der Waals surface area contributed by atoms with Gasteiger partial charge in [-0.2, -0.15) is 0 Å². The second-order valence-corrected chi connectivity index (χ2v) is 8.30. The maximum absolute atomic E-state index is 13.9. The standard InChI is InChI=1S/C27H29N5O4/c1-19-11-13-21(14-12-19)32(25(33)18-31-24-10-5-4-9-23(24)29-30-31)26(27(34)28-15-16-35-2)20-7-6-8-22(17-20)36-3/h4-14,17,26H,15-16,18H2,1-3H3,(H,28,34). The van der Waals surface area contributed by atoms with Crippen molar-refractivity contribution in [1.82, 2.24) is 20.3 Å². The summed E-state index contributed by atoms with van der Waals surface area (Å²) < 4.78 is 12.0. The molecule has 0 fully saturated rings. The van der Waals surface area contributed by atoms with Gasteiger partial charge in [-0.3, -0.25) is 14.5 Å². The summed E-state index contributed by atoms with van der Waals surface area (Å²) in [6.07, 6.45) is 0. The predicted octanol–water partition coefficient (Wildman–Crippen LogP) is 3.29. The molecule has 3 aromatic carbocycles. The van der Waals surface area contributed by atoms with Crippen molar-refractivity contribution in [2.75, 3.05) is 32.3 Å². The summed E-state index contributed by atoms with van der Waals surface area (Å²) in [5, 5.41) is 11.2. The third-order valence-electron chi connectivity index (χ3n) is 5.81. The number of nitrogens with zero attached hydrogens (tertiary/aromatic N) is 4. The first kappa shape index (κ1) is 24.9. The van der Waals surface area contributed by atoms with Crippen molar-refractivity contribution < 1.29 is 19.1 Å². The molecule has 1 heterocycles. The first-order chi connectivity index (χ1) is 17.5. The third-order valence-corrected chi connectivity index (χ3v) is 5.81.